The molecule has 3 aromatic rings. The van der Waals surface area contributed by atoms with Crippen LogP contribution in [-0.2, 0) is 7.05 Å². The van der Waals surface area contributed by atoms with Crippen LogP contribution in [0.15, 0.2) is 35.7 Å². The molecule has 1 fully saturated rings. The maximum Gasteiger partial charge on any atom is 0.273 e. The molecule has 1 aliphatic rings. The number of hydrogen-bond donors (Lipinski definition) is 0. The van der Waals surface area contributed by atoms with Crippen LogP contribution < -0.4 is 0 Å². The predicted octanol–water partition coefficient (Wildman–Crippen LogP) is 4.17. The Kier molecular flexibility index (Phi) is 3.88. The zero-order valence-corrected chi connectivity index (χ0v) is 14.8. The van der Waals surface area contributed by atoms with Gasteiger partial charge in [0, 0.05) is 36.4 Å². The van der Waals surface area contributed by atoms with Gasteiger partial charge < -0.3 is 9.47 Å². The number of thiazole rings is 1. The van der Waals surface area contributed by atoms with Crippen molar-refractivity contribution in [2.75, 3.05) is 13.1 Å². The first kappa shape index (κ1) is 15.4. The van der Waals surface area contributed by atoms with Gasteiger partial charge in [-0.05, 0) is 30.9 Å². The smallest absolute Gasteiger partial charge is 0.273 e. The van der Waals surface area contributed by atoms with E-state index in [0.717, 1.165) is 42.6 Å². The Balaban J connectivity index is 1.62. The van der Waals surface area contributed by atoms with E-state index < -0.39 is 0 Å². The van der Waals surface area contributed by atoms with Crippen LogP contribution in [0, 0.1) is 5.92 Å². The van der Waals surface area contributed by atoms with Crippen LogP contribution in [-0.4, -0.2) is 33.4 Å². The van der Waals surface area contributed by atoms with Crippen LogP contribution in [0.2, 0.25) is 0 Å². The molecule has 0 unspecified atom stereocenters. The van der Waals surface area contributed by atoms with E-state index in [9.17, 15) is 4.79 Å². The standard InChI is InChI=1S/C19H21N3OS/c1-13-7-9-22(10-8-13)19(23)15-12-24-18(20-15)17-11-14-5-3-4-6-16(14)21(17)2/h3-6,11-13H,7-10H2,1-2H3. The Morgan fingerprint density at radius 2 is 2.00 bits per heavy atom. The molecule has 1 saturated heterocycles. The van der Waals surface area contributed by atoms with Crippen molar-refractivity contribution in [3.05, 3.63) is 41.4 Å². The Labute approximate surface area is 145 Å². The second-order valence-corrected chi connectivity index (χ2v) is 7.52. The van der Waals surface area contributed by atoms with Gasteiger partial charge in [0.25, 0.3) is 5.91 Å². The number of carbonyl (C=O) groups excluding carboxylic acids is 1. The summed E-state index contributed by atoms with van der Waals surface area (Å²) in [6.07, 6.45) is 2.18. The minimum absolute atomic E-state index is 0.0724. The molecule has 24 heavy (non-hydrogen) atoms. The molecule has 1 amide bonds. The third-order valence-corrected chi connectivity index (χ3v) is 5.83. The first-order valence-corrected chi connectivity index (χ1v) is 9.31. The molecule has 1 aliphatic heterocycles. The minimum Gasteiger partial charge on any atom is -0.342 e. The SMILES string of the molecule is CC1CCN(C(=O)c2csc(-c3cc4ccccc4n3C)n2)CC1. The number of nitrogens with zero attached hydrogens (tertiary/aromatic N) is 3. The highest BCUT2D eigenvalue weighted by atomic mass is 32.1. The van der Waals surface area contributed by atoms with Crippen molar-refractivity contribution in [1.82, 2.24) is 14.5 Å². The maximum atomic E-state index is 12.7. The van der Waals surface area contributed by atoms with Gasteiger partial charge in [-0.3, -0.25) is 4.79 Å². The van der Waals surface area contributed by atoms with Crippen LogP contribution in [0.1, 0.15) is 30.3 Å². The highest BCUT2D eigenvalue weighted by Crippen LogP contribution is 2.30. The van der Waals surface area contributed by atoms with Gasteiger partial charge in [-0.15, -0.1) is 11.3 Å². The highest BCUT2D eigenvalue weighted by Gasteiger charge is 2.23. The lowest BCUT2D eigenvalue weighted by Gasteiger charge is -2.29. The second kappa shape index (κ2) is 6.06. The fourth-order valence-electron chi connectivity index (χ4n) is 3.36. The van der Waals surface area contributed by atoms with Crippen LogP contribution in [0.25, 0.3) is 21.6 Å². The summed E-state index contributed by atoms with van der Waals surface area (Å²) >= 11 is 1.55. The number of fused-ring (bicyclic) bond motifs is 1. The molecule has 0 radical (unpaired) electrons. The van der Waals surface area contributed by atoms with E-state index in [1.165, 1.54) is 10.9 Å². The summed E-state index contributed by atoms with van der Waals surface area (Å²) < 4.78 is 2.14. The molecule has 4 nitrogen and oxygen atoms in total. The summed E-state index contributed by atoms with van der Waals surface area (Å²) in [6.45, 7) is 3.95. The normalized spacial score (nSPS) is 16.0. The summed E-state index contributed by atoms with van der Waals surface area (Å²) in [5.41, 5.74) is 2.82. The highest BCUT2D eigenvalue weighted by molar-refractivity contribution is 7.13. The first-order chi connectivity index (χ1) is 11.6. The third-order valence-electron chi connectivity index (χ3n) is 4.96. The van der Waals surface area contributed by atoms with Gasteiger partial charge in [0.1, 0.15) is 10.7 Å². The Bertz CT molecular complexity index is 887. The largest absolute Gasteiger partial charge is 0.342 e. The van der Waals surface area contributed by atoms with Crippen molar-refractivity contribution >= 4 is 28.1 Å². The molecule has 4 rings (SSSR count). The van der Waals surface area contributed by atoms with Gasteiger partial charge in [-0.2, -0.15) is 0 Å². The summed E-state index contributed by atoms with van der Waals surface area (Å²) in [5, 5.41) is 4.00. The number of carbonyl (C=O) groups is 1. The lowest BCUT2D eigenvalue weighted by atomic mass is 9.99. The molecule has 3 heterocycles. The molecule has 0 aliphatic carbocycles. The summed E-state index contributed by atoms with van der Waals surface area (Å²) in [7, 11) is 2.05. The molecular formula is C19H21N3OS. The Morgan fingerprint density at radius 1 is 1.25 bits per heavy atom. The van der Waals surface area contributed by atoms with Crippen molar-refractivity contribution in [1.29, 1.82) is 0 Å². The number of para-hydroxylation sites is 1. The van der Waals surface area contributed by atoms with Crippen molar-refractivity contribution in [2.24, 2.45) is 13.0 Å². The zero-order chi connectivity index (χ0) is 16.7. The summed E-state index contributed by atoms with van der Waals surface area (Å²) in [6, 6.07) is 10.4. The Morgan fingerprint density at radius 3 is 2.75 bits per heavy atom. The molecule has 0 saturated carbocycles. The topological polar surface area (TPSA) is 38.1 Å². The molecule has 5 heteroatoms. The molecule has 0 atom stereocenters. The number of rotatable bonds is 2. The molecule has 0 N–H and O–H groups in total. The molecule has 1 aromatic carbocycles. The molecule has 124 valence electrons. The summed E-state index contributed by atoms with van der Waals surface area (Å²) in [4.78, 5) is 19.3. The average Bonchev–Trinajstić information content (AvgIpc) is 3.20. The van der Waals surface area contributed by atoms with Crippen LogP contribution in [0.5, 0.6) is 0 Å². The number of aryl methyl sites for hydroxylation is 1. The fourth-order valence-corrected chi connectivity index (χ4v) is 4.20. The van der Waals surface area contributed by atoms with E-state index in [-0.39, 0.29) is 5.91 Å². The van der Waals surface area contributed by atoms with Gasteiger partial charge in [-0.1, -0.05) is 25.1 Å². The fraction of sp³-hybridized carbons (Fsp3) is 0.368. The van der Waals surface area contributed by atoms with Crippen molar-refractivity contribution in [2.45, 2.75) is 19.8 Å². The van der Waals surface area contributed by atoms with Crippen molar-refractivity contribution < 1.29 is 4.79 Å². The van der Waals surface area contributed by atoms with Crippen molar-refractivity contribution in [3.63, 3.8) is 0 Å². The number of likely N-dealkylation sites (tertiary alicyclic amines) is 1. The number of amides is 1. The maximum absolute atomic E-state index is 12.7. The third kappa shape index (κ3) is 2.63. The van der Waals surface area contributed by atoms with E-state index >= 15 is 0 Å². The van der Waals surface area contributed by atoms with Crippen LogP contribution in [0.3, 0.4) is 0 Å². The minimum atomic E-state index is 0.0724. The van der Waals surface area contributed by atoms with E-state index in [1.54, 1.807) is 11.3 Å². The molecule has 2 aromatic heterocycles. The Hall–Kier alpha value is -2.14. The van der Waals surface area contributed by atoms with Gasteiger partial charge >= 0.3 is 0 Å². The van der Waals surface area contributed by atoms with E-state index in [4.69, 9.17) is 0 Å². The average molecular weight is 339 g/mol. The van der Waals surface area contributed by atoms with Gasteiger partial charge in [-0.25, -0.2) is 4.98 Å². The van der Waals surface area contributed by atoms with Crippen LogP contribution in [0.4, 0.5) is 0 Å². The van der Waals surface area contributed by atoms with Crippen LogP contribution >= 0.6 is 11.3 Å². The number of benzene rings is 1. The lowest BCUT2D eigenvalue weighted by Crippen LogP contribution is -2.38. The summed E-state index contributed by atoms with van der Waals surface area (Å²) in [5.74, 6) is 0.791. The van der Waals surface area contributed by atoms with Gasteiger partial charge in [0.2, 0.25) is 0 Å². The quantitative estimate of drug-likeness (QED) is 0.703. The first-order valence-electron chi connectivity index (χ1n) is 8.43. The van der Waals surface area contributed by atoms with E-state index in [0.29, 0.717) is 5.69 Å². The number of aromatic nitrogens is 2. The van der Waals surface area contributed by atoms with Gasteiger partial charge in [0.05, 0.1) is 5.69 Å². The zero-order valence-electron chi connectivity index (χ0n) is 14.0. The molecule has 0 spiro atoms. The number of piperidine rings is 1. The second-order valence-electron chi connectivity index (χ2n) is 6.66. The number of hydrogen-bond acceptors (Lipinski definition) is 3. The molecular weight excluding hydrogens is 318 g/mol. The predicted molar refractivity (Wildman–Crippen MR) is 98.3 cm³/mol. The van der Waals surface area contributed by atoms with Crippen molar-refractivity contribution in [3.8, 4) is 10.7 Å². The van der Waals surface area contributed by atoms with E-state index in [1.807, 2.05) is 29.5 Å². The molecule has 0 bridgehead atoms. The monoisotopic (exact) mass is 339 g/mol. The van der Waals surface area contributed by atoms with E-state index in [2.05, 4.69) is 34.7 Å². The van der Waals surface area contributed by atoms with Gasteiger partial charge in [0.15, 0.2) is 0 Å². The lowest BCUT2D eigenvalue weighted by molar-refractivity contribution is 0.0692.